The van der Waals surface area contributed by atoms with Crippen LogP contribution < -0.4 is 10.5 Å². The van der Waals surface area contributed by atoms with E-state index in [9.17, 15) is 10.2 Å². The quantitative estimate of drug-likeness (QED) is 0.408. The number of nitrogens with two attached hydrogens (primary N) is 1. The molecule has 0 aliphatic carbocycles. The number of rotatable bonds is 7. The minimum atomic E-state index is -0.154. The maximum Gasteiger partial charge on any atom is 0.154 e. The summed E-state index contributed by atoms with van der Waals surface area (Å²) in [5.41, 5.74) is 9.44. The van der Waals surface area contributed by atoms with Crippen LogP contribution in [0.25, 0.3) is 28.0 Å². The molecule has 0 spiro atoms. The van der Waals surface area contributed by atoms with Crippen molar-refractivity contribution in [2.24, 2.45) is 5.73 Å². The predicted molar refractivity (Wildman–Crippen MR) is 124 cm³/mol. The molecule has 4 rings (SSSR count). The minimum absolute atomic E-state index is 0.0964. The molecule has 8 heteroatoms. The van der Waals surface area contributed by atoms with Gasteiger partial charge in [0.15, 0.2) is 5.82 Å². The van der Waals surface area contributed by atoms with E-state index in [0.717, 1.165) is 27.9 Å². The first kappa shape index (κ1) is 23.3. The summed E-state index contributed by atoms with van der Waals surface area (Å²) in [6.45, 7) is 4.51. The summed E-state index contributed by atoms with van der Waals surface area (Å²) in [7, 11) is 0. The van der Waals surface area contributed by atoms with Crippen LogP contribution in [0.3, 0.4) is 0 Å². The van der Waals surface area contributed by atoms with Crippen LogP contribution >= 0.6 is 0 Å². The van der Waals surface area contributed by atoms with Gasteiger partial charge >= 0.3 is 0 Å². The van der Waals surface area contributed by atoms with E-state index in [0.29, 0.717) is 23.8 Å². The first-order valence-electron chi connectivity index (χ1n) is 10.6. The molecule has 1 aromatic carbocycles. The number of nitrogens with zero attached hydrogens (tertiary/aromatic N) is 4. The van der Waals surface area contributed by atoms with E-state index in [1.807, 2.05) is 42.5 Å². The summed E-state index contributed by atoms with van der Waals surface area (Å²) in [6, 6.07) is 14.9. The maximum absolute atomic E-state index is 9.40. The Morgan fingerprint density at radius 1 is 1.00 bits per heavy atom. The highest BCUT2D eigenvalue weighted by Crippen LogP contribution is 2.33. The number of fused-ring (bicyclic) bond motifs is 1. The van der Waals surface area contributed by atoms with Crippen LogP contribution in [0.2, 0.25) is 0 Å². The fourth-order valence-corrected chi connectivity index (χ4v) is 3.13. The van der Waals surface area contributed by atoms with Crippen LogP contribution in [-0.2, 0) is 13.2 Å². The van der Waals surface area contributed by atoms with Crippen LogP contribution in [0.15, 0.2) is 54.7 Å². The zero-order valence-electron chi connectivity index (χ0n) is 18.4. The van der Waals surface area contributed by atoms with E-state index < -0.39 is 0 Å². The maximum atomic E-state index is 9.40. The smallest absolute Gasteiger partial charge is 0.154 e. The Morgan fingerprint density at radius 2 is 1.75 bits per heavy atom. The molecule has 4 aromatic rings. The van der Waals surface area contributed by atoms with Crippen molar-refractivity contribution in [3.63, 3.8) is 0 Å². The average Bonchev–Trinajstić information content (AvgIpc) is 3.27. The summed E-state index contributed by atoms with van der Waals surface area (Å²) in [4.78, 5) is 9.04. The van der Waals surface area contributed by atoms with Crippen LogP contribution in [0.4, 0.5) is 0 Å². The summed E-state index contributed by atoms with van der Waals surface area (Å²) >= 11 is 0. The molecule has 0 amide bonds. The van der Waals surface area contributed by atoms with Gasteiger partial charge in [-0.1, -0.05) is 32.4 Å². The number of hydrogen-bond donors (Lipinski definition) is 3. The van der Waals surface area contributed by atoms with Crippen molar-refractivity contribution >= 4 is 10.9 Å². The molecule has 3 heterocycles. The Bertz CT molecular complexity index is 1160. The van der Waals surface area contributed by atoms with Crippen molar-refractivity contribution in [3.8, 4) is 22.8 Å². The third-order valence-electron chi connectivity index (χ3n) is 4.48. The third-order valence-corrected chi connectivity index (χ3v) is 4.48. The standard InChI is InChI=1S/C21H21N5O3.C3H8/c22-11-15-3-1-5-18(24-15)14-9-19-17(20(10-14)29-8-7-27)12-23-26(19)21-6-2-4-16(13-28)25-21;1-3-2/h1-6,9-10,12,27-28H,7-8,11,13,22H2;3H2,1-2H3. The van der Waals surface area contributed by atoms with Gasteiger partial charge in [0.1, 0.15) is 12.4 Å². The lowest BCUT2D eigenvalue weighted by atomic mass is 10.1. The van der Waals surface area contributed by atoms with Crippen molar-refractivity contribution in [1.82, 2.24) is 19.7 Å². The van der Waals surface area contributed by atoms with Crippen molar-refractivity contribution in [3.05, 3.63) is 66.1 Å². The van der Waals surface area contributed by atoms with Gasteiger partial charge in [0.25, 0.3) is 0 Å². The molecule has 0 fully saturated rings. The highest BCUT2D eigenvalue weighted by atomic mass is 16.5. The molecule has 0 aliphatic heterocycles. The van der Waals surface area contributed by atoms with Crippen LogP contribution in [0.1, 0.15) is 31.7 Å². The molecule has 0 bridgehead atoms. The Kier molecular flexibility index (Phi) is 8.27. The number of aliphatic hydroxyl groups is 2. The van der Waals surface area contributed by atoms with Crippen molar-refractivity contribution in [2.75, 3.05) is 13.2 Å². The van der Waals surface area contributed by atoms with Gasteiger partial charge in [-0.05, 0) is 36.4 Å². The van der Waals surface area contributed by atoms with E-state index in [1.54, 1.807) is 16.9 Å². The Labute approximate surface area is 187 Å². The van der Waals surface area contributed by atoms with Crippen molar-refractivity contribution in [1.29, 1.82) is 0 Å². The molecular weight excluding hydrogens is 406 g/mol. The van der Waals surface area contributed by atoms with Gasteiger partial charge in [-0.3, -0.25) is 4.98 Å². The van der Waals surface area contributed by atoms with Crippen LogP contribution in [0, 0.1) is 0 Å². The zero-order chi connectivity index (χ0) is 22.9. The highest BCUT2D eigenvalue weighted by Gasteiger charge is 2.15. The van der Waals surface area contributed by atoms with Gasteiger partial charge in [0, 0.05) is 12.1 Å². The third kappa shape index (κ3) is 5.28. The van der Waals surface area contributed by atoms with Gasteiger partial charge in [-0.2, -0.15) is 5.10 Å². The molecule has 0 unspecified atom stereocenters. The minimum Gasteiger partial charge on any atom is -0.490 e. The normalized spacial score (nSPS) is 10.7. The molecule has 32 heavy (non-hydrogen) atoms. The molecule has 0 aliphatic rings. The topological polar surface area (TPSA) is 119 Å². The molecule has 0 saturated heterocycles. The SMILES string of the molecule is CCC.NCc1cccc(-c2cc(OCCO)c3cnn(-c4cccc(CO)n4)c3c2)n1. The highest BCUT2D eigenvalue weighted by molar-refractivity contribution is 5.90. The number of aliphatic hydroxyl groups excluding tert-OH is 2. The number of aromatic nitrogens is 4. The second-order valence-electron chi connectivity index (χ2n) is 7.11. The number of benzene rings is 1. The largest absolute Gasteiger partial charge is 0.490 e. The van der Waals surface area contributed by atoms with Crippen LogP contribution in [-0.4, -0.2) is 43.2 Å². The lowest BCUT2D eigenvalue weighted by molar-refractivity contribution is 0.203. The lowest BCUT2D eigenvalue weighted by Gasteiger charge is -2.11. The zero-order valence-corrected chi connectivity index (χ0v) is 18.4. The first-order valence-corrected chi connectivity index (χ1v) is 10.6. The summed E-state index contributed by atoms with van der Waals surface area (Å²) in [5, 5.41) is 23.8. The number of pyridine rings is 2. The number of ether oxygens (including phenoxy) is 1. The van der Waals surface area contributed by atoms with Gasteiger partial charge in [-0.25, -0.2) is 9.67 Å². The van der Waals surface area contributed by atoms with Gasteiger partial charge in [0.05, 0.1) is 47.4 Å². The molecule has 4 N–H and O–H groups in total. The van der Waals surface area contributed by atoms with Crippen molar-refractivity contribution < 1.29 is 14.9 Å². The fourth-order valence-electron chi connectivity index (χ4n) is 3.13. The summed E-state index contributed by atoms with van der Waals surface area (Å²) in [6.07, 6.45) is 2.95. The Balaban J connectivity index is 0.000000913. The Hall–Kier alpha value is -3.33. The Morgan fingerprint density at radius 3 is 2.47 bits per heavy atom. The fraction of sp³-hybridized carbons (Fsp3) is 0.292. The summed E-state index contributed by atoms with van der Waals surface area (Å²) < 4.78 is 7.46. The molecule has 0 saturated carbocycles. The lowest BCUT2D eigenvalue weighted by Crippen LogP contribution is -2.04. The molecule has 0 radical (unpaired) electrons. The average molecular weight is 436 g/mol. The van der Waals surface area contributed by atoms with Gasteiger partial charge in [0.2, 0.25) is 0 Å². The van der Waals surface area contributed by atoms with Gasteiger partial charge in [-0.15, -0.1) is 0 Å². The second kappa shape index (κ2) is 11.3. The van der Waals surface area contributed by atoms with E-state index in [1.165, 1.54) is 6.42 Å². The van der Waals surface area contributed by atoms with Crippen molar-refractivity contribution in [2.45, 2.75) is 33.4 Å². The number of hydrogen-bond acceptors (Lipinski definition) is 7. The molecular formula is C24H29N5O3. The summed E-state index contributed by atoms with van der Waals surface area (Å²) in [5.74, 6) is 1.18. The first-order chi connectivity index (χ1) is 15.6. The van der Waals surface area contributed by atoms with Crippen LogP contribution in [0.5, 0.6) is 5.75 Å². The van der Waals surface area contributed by atoms with Gasteiger partial charge < -0.3 is 20.7 Å². The molecule has 8 nitrogen and oxygen atoms in total. The predicted octanol–water partition coefficient (Wildman–Crippen LogP) is 3.22. The monoisotopic (exact) mass is 435 g/mol. The molecule has 3 aromatic heterocycles. The molecule has 168 valence electrons. The second-order valence-corrected chi connectivity index (χ2v) is 7.11. The van der Waals surface area contributed by atoms with E-state index in [2.05, 4.69) is 28.9 Å². The van der Waals surface area contributed by atoms with E-state index in [4.69, 9.17) is 10.5 Å². The van der Waals surface area contributed by atoms with E-state index in [-0.39, 0.29) is 19.8 Å². The van der Waals surface area contributed by atoms with E-state index >= 15 is 0 Å². The molecule has 0 atom stereocenters.